The predicted molar refractivity (Wildman–Crippen MR) is 97.6 cm³/mol. The Labute approximate surface area is 146 Å². The monoisotopic (exact) mass is 338 g/mol. The number of nitrogens with one attached hydrogen (secondary N) is 1. The fraction of sp³-hybridized carbons (Fsp3) is 0.250. The molecule has 5 nitrogen and oxygen atoms in total. The molecule has 3 rings (SSSR count). The minimum Gasteiger partial charge on any atom is -0.484 e. The molecule has 0 aliphatic heterocycles. The highest BCUT2D eigenvalue weighted by Gasteiger charge is 2.15. The molecule has 0 bridgehead atoms. The van der Waals surface area contributed by atoms with Crippen LogP contribution in [0.2, 0.25) is 0 Å². The van der Waals surface area contributed by atoms with Crippen LogP contribution in [0, 0.1) is 6.92 Å². The molecule has 1 aromatic heterocycles. The smallest absolute Gasteiger partial charge is 0.258 e. The van der Waals surface area contributed by atoms with Gasteiger partial charge in [0.2, 0.25) is 0 Å². The van der Waals surface area contributed by atoms with Gasteiger partial charge in [0.1, 0.15) is 5.75 Å². The van der Waals surface area contributed by atoms with Crippen LogP contribution in [0.25, 0.3) is 10.9 Å². The molecule has 0 saturated heterocycles. The van der Waals surface area contributed by atoms with Crippen molar-refractivity contribution in [3.05, 3.63) is 65.9 Å². The van der Waals surface area contributed by atoms with Crippen LogP contribution in [-0.4, -0.2) is 28.7 Å². The average Bonchev–Trinajstić information content (AvgIpc) is 2.96. The number of carbonyl (C=O) groups is 1. The molecular weight excluding hydrogens is 316 g/mol. The molecule has 5 heteroatoms. The molecule has 0 spiro atoms. The van der Waals surface area contributed by atoms with Crippen LogP contribution in [0.15, 0.2) is 54.7 Å². The summed E-state index contributed by atoms with van der Waals surface area (Å²) < 4.78 is 7.48. The summed E-state index contributed by atoms with van der Waals surface area (Å²) in [6.45, 7) is 1.99. The first-order valence-electron chi connectivity index (χ1n) is 8.23. The second-order valence-electron chi connectivity index (χ2n) is 6.09. The van der Waals surface area contributed by atoms with Crippen molar-refractivity contribution in [2.24, 2.45) is 7.05 Å². The maximum Gasteiger partial charge on any atom is 0.258 e. The van der Waals surface area contributed by atoms with E-state index in [1.165, 1.54) is 0 Å². The van der Waals surface area contributed by atoms with E-state index >= 15 is 0 Å². The van der Waals surface area contributed by atoms with Crippen LogP contribution in [0.1, 0.15) is 17.2 Å². The summed E-state index contributed by atoms with van der Waals surface area (Å²) in [5.41, 5.74) is 2.83. The van der Waals surface area contributed by atoms with E-state index in [0.717, 1.165) is 22.0 Å². The third-order valence-electron chi connectivity index (χ3n) is 4.23. The standard InChI is InChI=1S/C20H22N2O3/c1-14-7-3-6-10-19(14)25-13-20(24)21-11-18(23)16-12-22(2)17-9-5-4-8-15(16)17/h3-10,12,18,23H,11,13H2,1-2H3,(H,21,24). The molecule has 2 N–H and O–H groups in total. The number of aliphatic hydroxyl groups excluding tert-OH is 1. The number of aryl methyl sites for hydroxylation is 2. The second kappa shape index (κ2) is 7.40. The summed E-state index contributed by atoms with van der Waals surface area (Å²) in [6.07, 6.45) is 1.12. The fourth-order valence-electron chi connectivity index (χ4n) is 2.87. The largest absolute Gasteiger partial charge is 0.484 e. The van der Waals surface area contributed by atoms with Crippen LogP contribution >= 0.6 is 0 Å². The van der Waals surface area contributed by atoms with Crippen molar-refractivity contribution in [2.75, 3.05) is 13.2 Å². The van der Waals surface area contributed by atoms with Crippen molar-refractivity contribution in [3.63, 3.8) is 0 Å². The normalized spacial score (nSPS) is 12.1. The number of fused-ring (bicyclic) bond motifs is 1. The zero-order chi connectivity index (χ0) is 17.8. The number of hydrogen-bond acceptors (Lipinski definition) is 3. The van der Waals surface area contributed by atoms with Gasteiger partial charge in [0.15, 0.2) is 6.61 Å². The van der Waals surface area contributed by atoms with Gasteiger partial charge >= 0.3 is 0 Å². The van der Waals surface area contributed by atoms with Crippen molar-refractivity contribution in [3.8, 4) is 5.75 Å². The van der Waals surface area contributed by atoms with Gasteiger partial charge < -0.3 is 19.7 Å². The number of para-hydroxylation sites is 2. The topological polar surface area (TPSA) is 63.5 Å². The summed E-state index contributed by atoms with van der Waals surface area (Å²) in [6, 6.07) is 15.4. The van der Waals surface area contributed by atoms with Crippen molar-refractivity contribution >= 4 is 16.8 Å². The van der Waals surface area contributed by atoms with Crippen LogP contribution < -0.4 is 10.1 Å². The molecule has 0 saturated carbocycles. The van der Waals surface area contributed by atoms with Gasteiger partial charge in [0.25, 0.3) is 5.91 Å². The summed E-state index contributed by atoms with van der Waals surface area (Å²) in [7, 11) is 1.94. The fourth-order valence-corrected chi connectivity index (χ4v) is 2.87. The van der Waals surface area contributed by atoms with Gasteiger partial charge in [-0.15, -0.1) is 0 Å². The summed E-state index contributed by atoms with van der Waals surface area (Å²) in [5.74, 6) is 0.426. The van der Waals surface area contributed by atoms with Gasteiger partial charge in [-0.1, -0.05) is 36.4 Å². The van der Waals surface area contributed by atoms with Crippen LogP contribution in [0.3, 0.4) is 0 Å². The van der Waals surface area contributed by atoms with Crippen molar-refractivity contribution in [2.45, 2.75) is 13.0 Å². The molecule has 130 valence electrons. The highest BCUT2D eigenvalue weighted by atomic mass is 16.5. The lowest BCUT2D eigenvalue weighted by atomic mass is 10.1. The zero-order valence-electron chi connectivity index (χ0n) is 14.4. The van der Waals surface area contributed by atoms with Gasteiger partial charge in [0, 0.05) is 36.3 Å². The lowest BCUT2D eigenvalue weighted by Gasteiger charge is -2.12. The highest BCUT2D eigenvalue weighted by molar-refractivity contribution is 5.84. The Hall–Kier alpha value is -2.79. The van der Waals surface area contributed by atoms with E-state index in [9.17, 15) is 9.90 Å². The lowest BCUT2D eigenvalue weighted by Crippen LogP contribution is -2.32. The lowest BCUT2D eigenvalue weighted by molar-refractivity contribution is -0.123. The highest BCUT2D eigenvalue weighted by Crippen LogP contribution is 2.25. The second-order valence-corrected chi connectivity index (χ2v) is 6.09. The van der Waals surface area contributed by atoms with Crippen LogP contribution in [0.4, 0.5) is 0 Å². The number of benzene rings is 2. The van der Waals surface area contributed by atoms with E-state index in [0.29, 0.717) is 5.75 Å². The molecule has 1 atom stereocenters. The van der Waals surface area contributed by atoms with E-state index in [1.54, 1.807) is 0 Å². The van der Waals surface area contributed by atoms with E-state index in [2.05, 4.69) is 5.32 Å². The molecule has 1 amide bonds. The third kappa shape index (κ3) is 3.83. The molecule has 1 unspecified atom stereocenters. The van der Waals surface area contributed by atoms with E-state index in [1.807, 2.05) is 73.3 Å². The third-order valence-corrected chi connectivity index (χ3v) is 4.23. The Morgan fingerprint density at radius 2 is 1.92 bits per heavy atom. The predicted octanol–water partition coefficient (Wildman–Crippen LogP) is 2.72. The van der Waals surface area contributed by atoms with Gasteiger partial charge in [-0.25, -0.2) is 0 Å². The molecule has 0 aliphatic carbocycles. The maximum atomic E-state index is 12.0. The minimum absolute atomic E-state index is 0.0763. The minimum atomic E-state index is -0.770. The number of carbonyl (C=O) groups excluding carboxylic acids is 1. The van der Waals surface area contributed by atoms with Crippen LogP contribution in [-0.2, 0) is 11.8 Å². The summed E-state index contributed by atoms with van der Waals surface area (Å²) in [4.78, 5) is 12.0. The van der Waals surface area contributed by atoms with E-state index in [4.69, 9.17) is 4.74 Å². The van der Waals surface area contributed by atoms with E-state index in [-0.39, 0.29) is 19.1 Å². The van der Waals surface area contributed by atoms with Gasteiger partial charge in [-0.05, 0) is 24.6 Å². The average molecular weight is 338 g/mol. The quantitative estimate of drug-likeness (QED) is 0.726. The number of aliphatic hydroxyl groups is 1. The Morgan fingerprint density at radius 3 is 2.72 bits per heavy atom. The van der Waals surface area contributed by atoms with Gasteiger partial charge in [0.05, 0.1) is 6.10 Å². The Balaban J connectivity index is 1.57. The number of aromatic nitrogens is 1. The molecule has 2 aromatic carbocycles. The SMILES string of the molecule is Cc1ccccc1OCC(=O)NCC(O)c1cn(C)c2ccccc12. The van der Waals surface area contributed by atoms with Crippen LogP contribution in [0.5, 0.6) is 5.75 Å². The van der Waals surface area contributed by atoms with Crippen molar-refractivity contribution < 1.29 is 14.6 Å². The summed E-state index contributed by atoms with van der Waals surface area (Å²) >= 11 is 0. The molecule has 25 heavy (non-hydrogen) atoms. The molecular formula is C20H22N2O3. The first kappa shape index (κ1) is 17.0. The van der Waals surface area contributed by atoms with E-state index < -0.39 is 6.10 Å². The first-order valence-corrected chi connectivity index (χ1v) is 8.23. The van der Waals surface area contributed by atoms with Crippen molar-refractivity contribution in [1.82, 2.24) is 9.88 Å². The van der Waals surface area contributed by atoms with Gasteiger partial charge in [-0.2, -0.15) is 0 Å². The Kier molecular flexibility index (Phi) is 5.05. The van der Waals surface area contributed by atoms with Crippen molar-refractivity contribution in [1.29, 1.82) is 0 Å². The summed E-state index contributed by atoms with van der Waals surface area (Å²) in [5, 5.41) is 14.2. The Bertz CT molecular complexity index is 886. The first-order chi connectivity index (χ1) is 12.1. The number of hydrogen-bond donors (Lipinski definition) is 2. The number of ether oxygens (including phenoxy) is 1. The molecule has 1 heterocycles. The maximum absolute atomic E-state index is 12.0. The number of nitrogens with zero attached hydrogens (tertiary/aromatic N) is 1. The number of amides is 1. The molecule has 0 fully saturated rings. The Morgan fingerprint density at radius 1 is 1.20 bits per heavy atom. The van der Waals surface area contributed by atoms with Gasteiger partial charge in [-0.3, -0.25) is 4.79 Å². The zero-order valence-corrected chi connectivity index (χ0v) is 14.4. The number of rotatable bonds is 6. The molecule has 0 radical (unpaired) electrons. The molecule has 0 aliphatic rings. The molecule has 3 aromatic rings.